The van der Waals surface area contributed by atoms with Gasteiger partial charge in [0.25, 0.3) is 0 Å². The Balaban J connectivity index is 0.909. The van der Waals surface area contributed by atoms with Crippen LogP contribution < -0.4 is 0 Å². The molecular formula is C57H40N6. The summed E-state index contributed by atoms with van der Waals surface area (Å²) in [5.74, 6) is 3.88. The van der Waals surface area contributed by atoms with E-state index in [0.717, 1.165) is 55.6 Å². The minimum atomic E-state index is -0.132. The van der Waals surface area contributed by atoms with E-state index in [4.69, 9.17) is 29.9 Å². The van der Waals surface area contributed by atoms with Crippen molar-refractivity contribution in [1.29, 1.82) is 0 Å². The highest BCUT2D eigenvalue weighted by Crippen LogP contribution is 2.50. The zero-order chi connectivity index (χ0) is 42.3. The van der Waals surface area contributed by atoms with Gasteiger partial charge in [-0.15, -0.1) is 0 Å². The average molecular weight is 809 g/mol. The maximum Gasteiger partial charge on any atom is 0.164 e. The Bertz CT molecular complexity index is 2920. The van der Waals surface area contributed by atoms with E-state index in [1.807, 2.05) is 121 Å². The second-order valence-electron chi connectivity index (χ2n) is 16.4. The van der Waals surface area contributed by atoms with Crippen LogP contribution in [0.15, 0.2) is 206 Å². The maximum absolute atomic E-state index is 4.94. The number of rotatable bonds is 8. The zero-order valence-corrected chi connectivity index (χ0v) is 34.8. The number of nitrogens with zero attached hydrogens (tertiary/aromatic N) is 6. The second kappa shape index (κ2) is 15.7. The van der Waals surface area contributed by atoms with Crippen LogP contribution in [0.3, 0.4) is 0 Å². The van der Waals surface area contributed by atoms with Crippen LogP contribution in [0.2, 0.25) is 0 Å². The summed E-state index contributed by atoms with van der Waals surface area (Å²) in [7, 11) is 0. The van der Waals surface area contributed by atoms with Crippen LogP contribution in [0.25, 0.3) is 102 Å². The van der Waals surface area contributed by atoms with Crippen molar-refractivity contribution < 1.29 is 0 Å². The summed E-state index contributed by atoms with van der Waals surface area (Å²) in [5.41, 5.74) is 15.3. The molecule has 0 fully saturated rings. The van der Waals surface area contributed by atoms with Crippen LogP contribution in [0.1, 0.15) is 25.0 Å². The summed E-state index contributed by atoms with van der Waals surface area (Å²) in [6.07, 6.45) is 0. The smallest absolute Gasteiger partial charge is 0.164 e. The summed E-state index contributed by atoms with van der Waals surface area (Å²) < 4.78 is 0. The van der Waals surface area contributed by atoms with Gasteiger partial charge in [-0.1, -0.05) is 208 Å². The fraction of sp³-hybridized carbons (Fsp3) is 0.0526. The highest BCUT2D eigenvalue weighted by atomic mass is 15.0. The molecule has 0 saturated heterocycles. The Morgan fingerprint density at radius 1 is 0.238 bits per heavy atom. The van der Waals surface area contributed by atoms with Gasteiger partial charge in [0.05, 0.1) is 0 Å². The van der Waals surface area contributed by atoms with Gasteiger partial charge in [-0.2, -0.15) is 0 Å². The minimum Gasteiger partial charge on any atom is -0.208 e. The lowest BCUT2D eigenvalue weighted by atomic mass is 9.82. The first kappa shape index (κ1) is 37.8. The Morgan fingerprint density at radius 3 is 0.730 bits per heavy atom. The van der Waals surface area contributed by atoms with Gasteiger partial charge in [0, 0.05) is 38.8 Å². The van der Waals surface area contributed by atoms with E-state index in [-0.39, 0.29) is 5.41 Å². The van der Waals surface area contributed by atoms with Crippen molar-refractivity contribution in [3.05, 3.63) is 217 Å². The van der Waals surface area contributed by atoms with Crippen LogP contribution in [0.5, 0.6) is 0 Å². The molecule has 8 aromatic carbocycles. The number of hydrogen-bond acceptors (Lipinski definition) is 6. The fourth-order valence-electron chi connectivity index (χ4n) is 8.63. The van der Waals surface area contributed by atoms with Crippen molar-refractivity contribution >= 4 is 0 Å². The molecule has 0 spiro atoms. The largest absolute Gasteiger partial charge is 0.208 e. The lowest BCUT2D eigenvalue weighted by Gasteiger charge is -2.21. The molecule has 0 bridgehead atoms. The van der Waals surface area contributed by atoms with E-state index >= 15 is 0 Å². The molecule has 63 heavy (non-hydrogen) atoms. The predicted molar refractivity (Wildman–Crippen MR) is 254 cm³/mol. The van der Waals surface area contributed by atoms with Gasteiger partial charge in [0.15, 0.2) is 34.9 Å². The van der Waals surface area contributed by atoms with Crippen LogP contribution in [-0.2, 0) is 5.41 Å². The topological polar surface area (TPSA) is 77.3 Å². The summed E-state index contributed by atoms with van der Waals surface area (Å²) in [6, 6.07) is 71.3. The SMILES string of the molecule is CC1(C)c2ccc(-c3ccc(-c4nc(-c5ccccc5)nc(-c5ccccc5)n4)cc3)cc2-c2cc(-c3ccc(-c4nc(-c5ccccc5)nc(-c5ccccc5)n4)cc3)ccc21. The molecule has 0 aliphatic heterocycles. The van der Waals surface area contributed by atoms with E-state index in [1.165, 1.54) is 22.3 Å². The number of hydrogen-bond donors (Lipinski definition) is 0. The zero-order valence-electron chi connectivity index (χ0n) is 34.8. The van der Waals surface area contributed by atoms with Crippen molar-refractivity contribution in [1.82, 2.24) is 29.9 Å². The van der Waals surface area contributed by atoms with Crippen molar-refractivity contribution in [2.75, 3.05) is 0 Å². The van der Waals surface area contributed by atoms with Crippen LogP contribution in [0.4, 0.5) is 0 Å². The molecule has 0 N–H and O–H groups in total. The Kier molecular flexibility index (Phi) is 9.39. The summed E-state index contributed by atoms with van der Waals surface area (Å²) >= 11 is 0. The Labute approximate surface area is 366 Å². The molecular weight excluding hydrogens is 769 g/mol. The molecule has 10 aromatic rings. The number of benzene rings is 8. The molecule has 6 nitrogen and oxygen atoms in total. The molecule has 11 rings (SSSR count). The molecule has 0 amide bonds. The van der Waals surface area contributed by atoms with Crippen molar-refractivity contribution in [2.45, 2.75) is 19.3 Å². The van der Waals surface area contributed by atoms with Gasteiger partial charge in [0.2, 0.25) is 0 Å². The first-order valence-electron chi connectivity index (χ1n) is 21.2. The molecule has 0 saturated carbocycles. The quantitative estimate of drug-likeness (QED) is 0.152. The molecule has 2 heterocycles. The van der Waals surface area contributed by atoms with Gasteiger partial charge in [0.1, 0.15) is 0 Å². The number of aromatic nitrogens is 6. The van der Waals surface area contributed by atoms with E-state index < -0.39 is 0 Å². The normalized spacial score (nSPS) is 12.4. The fourth-order valence-corrected chi connectivity index (χ4v) is 8.63. The van der Waals surface area contributed by atoms with Crippen LogP contribution >= 0.6 is 0 Å². The van der Waals surface area contributed by atoms with Crippen molar-refractivity contribution in [2.24, 2.45) is 0 Å². The van der Waals surface area contributed by atoms with E-state index in [2.05, 4.69) is 98.8 Å². The first-order valence-corrected chi connectivity index (χ1v) is 21.2. The minimum absolute atomic E-state index is 0.132. The standard InChI is InChI=1S/C57H40N6/c1-57(2)49-33-31-45(37-23-27-43(28-24-37)55-60-51(39-15-7-3-8-16-39)58-52(61-55)40-17-9-4-10-18-40)35-47(49)48-36-46(32-34-50(48)57)38-25-29-44(30-26-38)56-62-53(41-19-11-5-12-20-41)59-54(63-56)42-21-13-6-14-22-42/h3-36H,1-2H3. The highest BCUT2D eigenvalue weighted by Gasteiger charge is 2.35. The molecule has 0 radical (unpaired) electrons. The van der Waals surface area contributed by atoms with E-state index in [9.17, 15) is 0 Å². The van der Waals surface area contributed by atoms with E-state index in [1.54, 1.807) is 0 Å². The van der Waals surface area contributed by atoms with Gasteiger partial charge >= 0.3 is 0 Å². The van der Waals surface area contributed by atoms with Crippen molar-refractivity contribution in [3.8, 4) is 102 Å². The highest BCUT2D eigenvalue weighted by molar-refractivity contribution is 5.87. The number of fused-ring (bicyclic) bond motifs is 3. The molecule has 6 heteroatoms. The average Bonchev–Trinajstić information content (AvgIpc) is 3.59. The molecule has 1 aliphatic carbocycles. The Hall–Kier alpha value is -8.22. The van der Waals surface area contributed by atoms with E-state index in [0.29, 0.717) is 34.9 Å². The van der Waals surface area contributed by atoms with Gasteiger partial charge in [-0.3, -0.25) is 0 Å². The third-order valence-corrected chi connectivity index (χ3v) is 12.0. The summed E-state index contributed by atoms with van der Waals surface area (Å²) in [4.78, 5) is 29.5. The molecule has 0 unspecified atom stereocenters. The summed E-state index contributed by atoms with van der Waals surface area (Å²) in [6.45, 7) is 4.65. The molecule has 2 aromatic heterocycles. The van der Waals surface area contributed by atoms with Crippen LogP contribution in [-0.4, -0.2) is 29.9 Å². The second-order valence-corrected chi connectivity index (χ2v) is 16.4. The predicted octanol–water partition coefficient (Wildman–Crippen LogP) is 13.7. The molecule has 298 valence electrons. The van der Waals surface area contributed by atoms with Gasteiger partial charge in [-0.25, -0.2) is 29.9 Å². The Morgan fingerprint density at radius 2 is 0.460 bits per heavy atom. The monoisotopic (exact) mass is 808 g/mol. The lowest BCUT2D eigenvalue weighted by Crippen LogP contribution is -2.14. The lowest BCUT2D eigenvalue weighted by molar-refractivity contribution is 0.660. The van der Waals surface area contributed by atoms with Gasteiger partial charge < -0.3 is 0 Å². The molecule has 0 atom stereocenters. The summed E-state index contributed by atoms with van der Waals surface area (Å²) in [5, 5.41) is 0. The maximum atomic E-state index is 4.94. The third kappa shape index (κ3) is 7.17. The van der Waals surface area contributed by atoms with Gasteiger partial charge in [-0.05, 0) is 56.6 Å². The first-order chi connectivity index (χ1) is 30.9. The van der Waals surface area contributed by atoms with Crippen molar-refractivity contribution in [3.63, 3.8) is 0 Å². The third-order valence-electron chi connectivity index (χ3n) is 12.0. The van der Waals surface area contributed by atoms with Crippen LogP contribution in [0, 0.1) is 0 Å². The molecule has 1 aliphatic rings.